The zero-order valence-electron chi connectivity index (χ0n) is 10.0. The summed E-state index contributed by atoms with van der Waals surface area (Å²) in [5, 5.41) is -0.565. The van der Waals surface area contributed by atoms with E-state index in [0.717, 1.165) is 18.2 Å². The molecule has 8 heteroatoms. The van der Waals surface area contributed by atoms with E-state index < -0.39 is 28.6 Å². The molecule has 21 heavy (non-hydrogen) atoms. The Morgan fingerprint density at radius 2 is 1.67 bits per heavy atom. The van der Waals surface area contributed by atoms with E-state index in [1.165, 1.54) is 6.07 Å². The third-order valence-corrected chi connectivity index (χ3v) is 3.08. The summed E-state index contributed by atoms with van der Waals surface area (Å²) >= 11 is 11.1. The van der Waals surface area contributed by atoms with E-state index in [4.69, 9.17) is 23.2 Å². The van der Waals surface area contributed by atoms with E-state index in [-0.39, 0.29) is 16.1 Å². The molecule has 2 rings (SSSR count). The molecular weight excluding hydrogens is 333 g/mol. The second-order valence-electron chi connectivity index (χ2n) is 3.99. The highest BCUT2D eigenvalue weighted by Gasteiger charge is 2.33. The van der Waals surface area contributed by atoms with Crippen molar-refractivity contribution in [3.63, 3.8) is 0 Å². The number of hydrogen-bond donors (Lipinski definition) is 0. The molecule has 1 aromatic heterocycles. The first-order valence-corrected chi connectivity index (χ1v) is 6.19. The first kappa shape index (κ1) is 15.7. The largest absolute Gasteiger partial charge is 0.433 e. The molecule has 2 aromatic rings. The third kappa shape index (κ3) is 3.33. The van der Waals surface area contributed by atoms with Crippen molar-refractivity contribution >= 4 is 29.0 Å². The van der Waals surface area contributed by atoms with Crippen LogP contribution in [0.4, 0.5) is 17.6 Å². The zero-order chi connectivity index (χ0) is 15.8. The van der Waals surface area contributed by atoms with E-state index in [1.807, 2.05) is 0 Å². The molecule has 0 spiro atoms. The van der Waals surface area contributed by atoms with Crippen molar-refractivity contribution in [2.45, 2.75) is 6.18 Å². The van der Waals surface area contributed by atoms with Crippen LogP contribution < -0.4 is 0 Å². The smallest absolute Gasteiger partial charge is 0.288 e. The van der Waals surface area contributed by atoms with Gasteiger partial charge in [-0.2, -0.15) is 13.2 Å². The van der Waals surface area contributed by atoms with Gasteiger partial charge in [0.1, 0.15) is 16.7 Å². The van der Waals surface area contributed by atoms with Gasteiger partial charge in [-0.1, -0.05) is 23.2 Å². The number of benzene rings is 1. The van der Waals surface area contributed by atoms with Crippen molar-refractivity contribution in [1.29, 1.82) is 0 Å². The fourth-order valence-electron chi connectivity index (χ4n) is 1.58. The molecule has 0 atom stereocenters. The number of aromatic nitrogens is 1. The highest BCUT2D eigenvalue weighted by molar-refractivity contribution is 6.34. The predicted molar refractivity (Wildman–Crippen MR) is 69.1 cm³/mol. The maximum absolute atomic E-state index is 13.6. The minimum Gasteiger partial charge on any atom is -0.288 e. The van der Waals surface area contributed by atoms with Gasteiger partial charge in [0.05, 0.1) is 11.1 Å². The van der Waals surface area contributed by atoms with Crippen LogP contribution in [0, 0.1) is 5.82 Å². The van der Waals surface area contributed by atoms with Gasteiger partial charge >= 0.3 is 6.18 Å². The molecule has 0 unspecified atom stereocenters. The molecule has 2 nitrogen and oxygen atoms in total. The van der Waals surface area contributed by atoms with E-state index >= 15 is 0 Å². The van der Waals surface area contributed by atoms with Gasteiger partial charge in [-0.3, -0.25) is 4.79 Å². The van der Waals surface area contributed by atoms with Gasteiger partial charge in [0, 0.05) is 5.02 Å². The molecule has 0 aliphatic carbocycles. The Kier molecular flexibility index (Phi) is 4.20. The van der Waals surface area contributed by atoms with Crippen molar-refractivity contribution in [2.24, 2.45) is 0 Å². The number of hydrogen-bond acceptors (Lipinski definition) is 2. The fourth-order valence-corrected chi connectivity index (χ4v) is 1.98. The Hall–Kier alpha value is -1.66. The number of carbonyl (C=O) groups is 1. The van der Waals surface area contributed by atoms with E-state index in [1.54, 1.807) is 0 Å². The number of halogens is 6. The molecule has 0 saturated carbocycles. The van der Waals surface area contributed by atoms with Crippen molar-refractivity contribution in [2.75, 3.05) is 0 Å². The summed E-state index contributed by atoms with van der Waals surface area (Å²) in [4.78, 5) is 15.2. The van der Waals surface area contributed by atoms with Gasteiger partial charge in [-0.25, -0.2) is 9.37 Å². The minimum atomic E-state index is -4.68. The lowest BCUT2D eigenvalue weighted by molar-refractivity contribution is -0.141. The van der Waals surface area contributed by atoms with Crippen LogP contribution in [0.5, 0.6) is 0 Å². The molecule has 0 N–H and O–H groups in total. The van der Waals surface area contributed by atoms with Crippen LogP contribution in [0.15, 0.2) is 30.3 Å². The molecule has 1 heterocycles. The Labute approximate surface area is 126 Å². The number of rotatable bonds is 2. The lowest BCUT2D eigenvalue weighted by Crippen LogP contribution is -2.11. The van der Waals surface area contributed by atoms with Crippen LogP contribution in [-0.4, -0.2) is 10.8 Å². The van der Waals surface area contributed by atoms with E-state index in [9.17, 15) is 22.4 Å². The molecule has 0 aliphatic heterocycles. The zero-order valence-corrected chi connectivity index (χ0v) is 11.5. The highest BCUT2D eigenvalue weighted by Crippen LogP contribution is 2.30. The third-order valence-electron chi connectivity index (χ3n) is 2.56. The van der Waals surface area contributed by atoms with Crippen molar-refractivity contribution in [1.82, 2.24) is 4.98 Å². The number of pyridine rings is 1. The van der Waals surface area contributed by atoms with Crippen LogP contribution >= 0.6 is 23.2 Å². The molecule has 0 radical (unpaired) electrons. The van der Waals surface area contributed by atoms with Gasteiger partial charge in [-0.05, 0) is 30.3 Å². The Bertz CT molecular complexity index is 716. The number of nitrogens with zero attached hydrogens (tertiary/aromatic N) is 1. The molecule has 110 valence electrons. The molecule has 0 bridgehead atoms. The standard InChI is InChI=1S/C13H5Cl2F4NO/c14-6-1-2-7(9(16)5-6)11(21)8-3-4-10(13(17,18)19)20-12(8)15/h1-5H. The number of ketones is 1. The van der Waals surface area contributed by atoms with E-state index in [0.29, 0.717) is 6.07 Å². The van der Waals surface area contributed by atoms with Crippen molar-refractivity contribution in [3.05, 3.63) is 63.1 Å². The summed E-state index contributed by atoms with van der Waals surface area (Å²) in [5.41, 5.74) is -1.92. The predicted octanol–water partition coefficient (Wildman–Crippen LogP) is 4.78. The lowest BCUT2D eigenvalue weighted by Gasteiger charge is -2.09. The van der Waals surface area contributed by atoms with Crippen LogP contribution in [0.1, 0.15) is 21.6 Å². The summed E-state index contributed by atoms with van der Waals surface area (Å²) in [7, 11) is 0. The molecular formula is C13H5Cl2F4NO. The Morgan fingerprint density at radius 3 is 2.19 bits per heavy atom. The molecule has 0 amide bonds. The van der Waals surface area contributed by atoms with Crippen molar-refractivity contribution in [3.8, 4) is 0 Å². The van der Waals surface area contributed by atoms with Gasteiger partial charge in [0.15, 0.2) is 5.78 Å². The van der Waals surface area contributed by atoms with Gasteiger partial charge in [-0.15, -0.1) is 0 Å². The molecule has 0 saturated heterocycles. The second kappa shape index (κ2) is 5.61. The Morgan fingerprint density at radius 1 is 1.05 bits per heavy atom. The maximum Gasteiger partial charge on any atom is 0.433 e. The average molecular weight is 338 g/mol. The number of alkyl halides is 3. The average Bonchev–Trinajstić information content (AvgIpc) is 2.36. The topological polar surface area (TPSA) is 30.0 Å². The lowest BCUT2D eigenvalue weighted by atomic mass is 10.0. The van der Waals surface area contributed by atoms with Gasteiger partial charge in [0.2, 0.25) is 0 Å². The van der Waals surface area contributed by atoms with Crippen LogP contribution in [-0.2, 0) is 6.18 Å². The summed E-state index contributed by atoms with van der Waals surface area (Å²) in [6, 6.07) is 4.78. The molecule has 0 aliphatic rings. The Balaban J connectivity index is 2.45. The van der Waals surface area contributed by atoms with Gasteiger partial charge < -0.3 is 0 Å². The fraction of sp³-hybridized carbons (Fsp3) is 0.0769. The summed E-state index contributed by atoms with van der Waals surface area (Å²) in [6.45, 7) is 0. The van der Waals surface area contributed by atoms with Crippen LogP contribution in [0.3, 0.4) is 0 Å². The number of carbonyl (C=O) groups excluding carboxylic acids is 1. The quantitative estimate of drug-likeness (QED) is 0.448. The normalized spacial score (nSPS) is 11.5. The van der Waals surface area contributed by atoms with Crippen molar-refractivity contribution < 1.29 is 22.4 Å². The maximum atomic E-state index is 13.6. The first-order valence-electron chi connectivity index (χ1n) is 5.43. The van der Waals surface area contributed by atoms with Crippen LogP contribution in [0.2, 0.25) is 10.2 Å². The first-order chi connectivity index (χ1) is 9.70. The minimum absolute atomic E-state index is 0.0840. The van der Waals surface area contributed by atoms with Crippen LogP contribution in [0.25, 0.3) is 0 Å². The summed E-state index contributed by atoms with van der Waals surface area (Å²) in [6.07, 6.45) is -4.68. The molecule has 1 aromatic carbocycles. The second-order valence-corrected chi connectivity index (χ2v) is 4.78. The SMILES string of the molecule is O=C(c1ccc(Cl)cc1F)c1ccc(C(F)(F)F)nc1Cl. The monoisotopic (exact) mass is 337 g/mol. The highest BCUT2D eigenvalue weighted by atomic mass is 35.5. The summed E-state index contributed by atoms with van der Waals surface area (Å²) < 4.78 is 51.0. The van der Waals surface area contributed by atoms with Gasteiger partial charge in [0.25, 0.3) is 0 Å². The molecule has 0 fully saturated rings. The summed E-state index contributed by atoms with van der Waals surface area (Å²) in [5.74, 6) is -1.78. The van der Waals surface area contributed by atoms with E-state index in [2.05, 4.69) is 4.98 Å².